The Morgan fingerprint density at radius 2 is 1.96 bits per heavy atom. The lowest BCUT2D eigenvalue weighted by molar-refractivity contribution is -0.184. The van der Waals surface area contributed by atoms with E-state index in [-0.39, 0.29) is 22.0 Å². The second-order valence-electron chi connectivity index (χ2n) is 5.36. The number of nitrogens with zero attached hydrogens (tertiary/aromatic N) is 2. The number of anilines is 1. The predicted octanol–water partition coefficient (Wildman–Crippen LogP) is 3.52. The van der Waals surface area contributed by atoms with Gasteiger partial charge < -0.3 is 14.1 Å². The minimum atomic E-state index is -1.20. The van der Waals surface area contributed by atoms with Gasteiger partial charge in [0.15, 0.2) is 11.3 Å². The maximum Gasteiger partial charge on any atom is 0.200 e. The Kier molecular flexibility index (Phi) is 4.65. The first kappa shape index (κ1) is 16.4. The second-order valence-corrected chi connectivity index (χ2v) is 6.27. The molecule has 1 aromatic carbocycles. The van der Waals surface area contributed by atoms with E-state index in [1.54, 1.807) is 12.1 Å². The summed E-state index contributed by atoms with van der Waals surface area (Å²) in [6.07, 6.45) is 0. The van der Waals surface area contributed by atoms with Gasteiger partial charge in [0, 0.05) is 34.5 Å². The van der Waals surface area contributed by atoms with Crippen LogP contribution < -0.4 is 10.3 Å². The molecule has 1 aliphatic rings. The Hall–Kier alpha value is -1.51. The molecule has 3 rings (SSSR count). The number of benzene rings is 1. The van der Waals surface area contributed by atoms with E-state index in [0.29, 0.717) is 36.7 Å². The highest BCUT2D eigenvalue weighted by Gasteiger charge is 2.23. The molecule has 1 unspecified atom stereocenters. The largest absolute Gasteiger partial charge is 0.440 e. The van der Waals surface area contributed by atoms with Crippen LogP contribution in [0.5, 0.6) is 0 Å². The van der Waals surface area contributed by atoms with Crippen molar-refractivity contribution in [1.82, 2.24) is 5.34 Å². The quantitative estimate of drug-likeness (QED) is 0.752. The monoisotopic (exact) mass is 388 g/mol. The van der Waals surface area contributed by atoms with Crippen LogP contribution in [0.25, 0.3) is 11.0 Å². The third-order valence-electron chi connectivity index (χ3n) is 3.87. The third-order valence-corrected chi connectivity index (χ3v) is 4.33. The Bertz CT molecular complexity index is 775. The number of rotatable bonds is 3. The SMILES string of the molecule is CC(c1cc(Br)cc2c(=O)cc(N3CCOCC3)oc12)N(F)F. The van der Waals surface area contributed by atoms with Crippen LogP contribution >= 0.6 is 15.9 Å². The summed E-state index contributed by atoms with van der Waals surface area (Å²) in [6, 6.07) is 3.34. The topological polar surface area (TPSA) is 45.9 Å². The van der Waals surface area contributed by atoms with Gasteiger partial charge in [-0.1, -0.05) is 15.9 Å². The molecular formula is C15H15BrF2N2O3. The van der Waals surface area contributed by atoms with Crippen molar-refractivity contribution >= 4 is 32.8 Å². The summed E-state index contributed by atoms with van der Waals surface area (Å²) >= 11 is 3.26. The molecule has 23 heavy (non-hydrogen) atoms. The molecule has 0 radical (unpaired) electrons. The molecule has 0 aliphatic carbocycles. The Morgan fingerprint density at radius 1 is 1.26 bits per heavy atom. The molecule has 1 fully saturated rings. The van der Waals surface area contributed by atoms with E-state index in [2.05, 4.69) is 15.9 Å². The predicted molar refractivity (Wildman–Crippen MR) is 85.7 cm³/mol. The molecule has 0 N–H and O–H groups in total. The summed E-state index contributed by atoms with van der Waals surface area (Å²) in [4.78, 5) is 14.3. The first-order valence-corrected chi connectivity index (χ1v) is 7.97. The zero-order chi connectivity index (χ0) is 16.6. The van der Waals surface area contributed by atoms with Crippen molar-refractivity contribution in [3.05, 3.63) is 38.5 Å². The molecule has 0 saturated carbocycles. The molecule has 1 aromatic heterocycles. The minimum Gasteiger partial charge on any atom is -0.440 e. The molecule has 5 nitrogen and oxygen atoms in total. The highest BCUT2D eigenvalue weighted by molar-refractivity contribution is 9.10. The first-order chi connectivity index (χ1) is 11.0. The molecule has 0 spiro atoms. The van der Waals surface area contributed by atoms with Crippen molar-refractivity contribution in [3.8, 4) is 0 Å². The smallest absolute Gasteiger partial charge is 0.200 e. The van der Waals surface area contributed by atoms with E-state index in [9.17, 15) is 13.8 Å². The van der Waals surface area contributed by atoms with Crippen molar-refractivity contribution in [2.24, 2.45) is 0 Å². The molecule has 0 amide bonds. The molecule has 1 saturated heterocycles. The summed E-state index contributed by atoms with van der Waals surface area (Å²) in [5.41, 5.74) is 0.188. The maximum atomic E-state index is 13.0. The normalized spacial score (nSPS) is 17.0. The number of halogens is 3. The van der Waals surface area contributed by atoms with Crippen LogP contribution in [0.1, 0.15) is 18.5 Å². The van der Waals surface area contributed by atoms with Gasteiger partial charge in [0.25, 0.3) is 0 Å². The highest BCUT2D eigenvalue weighted by atomic mass is 79.9. The fourth-order valence-electron chi connectivity index (χ4n) is 2.59. The van der Waals surface area contributed by atoms with Crippen LogP contribution in [0.4, 0.5) is 14.8 Å². The maximum absolute atomic E-state index is 13.0. The first-order valence-electron chi connectivity index (χ1n) is 7.18. The van der Waals surface area contributed by atoms with Crippen LogP contribution in [-0.2, 0) is 4.74 Å². The Balaban J connectivity index is 2.18. The van der Waals surface area contributed by atoms with E-state index >= 15 is 0 Å². The van der Waals surface area contributed by atoms with Gasteiger partial charge >= 0.3 is 0 Å². The van der Waals surface area contributed by atoms with Crippen LogP contribution in [0.15, 0.2) is 31.9 Å². The van der Waals surface area contributed by atoms with Crippen molar-refractivity contribution in [2.75, 3.05) is 31.2 Å². The summed E-state index contributed by atoms with van der Waals surface area (Å²) in [7, 11) is 0. The van der Waals surface area contributed by atoms with Gasteiger partial charge in [-0.2, -0.15) is 0 Å². The van der Waals surface area contributed by atoms with Gasteiger partial charge in [0.2, 0.25) is 0 Å². The number of fused-ring (bicyclic) bond motifs is 1. The Labute approximate surface area is 139 Å². The number of hydrogen-bond donors (Lipinski definition) is 0. The van der Waals surface area contributed by atoms with Crippen LogP contribution in [-0.4, -0.2) is 31.6 Å². The summed E-state index contributed by atoms with van der Waals surface area (Å²) in [6.45, 7) is 3.60. The number of morpholine rings is 1. The Morgan fingerprint density at radius 3 is 2.61 bits per heavy atom. The van der Waals surface area contributed by atoms with Crippen LogP contribution in [0, 0.1) is 0 Å². The summed E-state index contributed by atoms with van der Waals surface area (Å²) in [5, 5.41) is -0.622. The van der Waals surface area contributed by atoms with E-state index in [1.807, 2.05) is 4.90 Å². The van der Waals surface area contributed by atoms with Crippen molar-refractivity contribution in [3.63, 3.8) is 0 Å². The van der Waals surface area contributed by atoms with E-state index in [0.717, 1.165) is 0 Å². The lowest BCUT2D eigenvalue weighted by atomic mass is 10.1. The summed E-state index contributed by atoms with van der Waals surface area (Å²) in [5.74, 6) is 0.380. The fourth-order valence-corrected chi connectivity index (χ4v) is 3.07. The van der Waals surface area contributed by atoms with Crippen molar-refractivity contribution < 1.29 is 18.1 Å². The average Bonchev–Trinajstić information content (AvgIpc) is 2.54. The molecular weight excluding hydrogens is 374 g/mol. The molecule has 124 valence electrons. The van der Waals surface area contributed by atoms with Crippen molar-refractivity contribution in [1.29, 1.82) is 0 Å². The second kappa shape index (κ2) is 6.54. The van der Waals surface area contributed by atoms with Crippen molar-refractivity contribution in [2.45, 2.75) is 13.0 Å². The standard InChI is InChI=1S/C15H15BrF2N2O3/c1-9(20(17)18)11-6-10(16)7-12-13(21)8-14(23-15(11)12)19-2-4-22-5-3-19/h6-9H,2-5H2,1H3. The third kappa shape index (κ3) is 3.24. The van der Waals surface area contributed by atoms with Gasteiger partial charge in [-0.15, -0.1) is 8.96 Å². The lowest BCUT2D eigenvalue weighted by Crippen LogP contribution is -2.36. The molecule has 2 heterocycles. The summed E-state index contributed by atoms with van der Waals surface area (Å²) < 4.78 is 37.7. The van der Waals surface area contributed by atoms with E-state index < -0.39 is 11.4 Å². The number of hydrogen-bond acceptors (Lipinski definition) is 5. The van der Waals surface area contributed by atoms with Crippen LogP contribution in [0.2, 0.25) is 0 Å². The zero-order valence-electron chi connectivity index (χ0n) is 12.4. The van der Waals surface area contributed by atoms with Crippen LogP contribution in [0.3, 0.4) is 0 Å². The lowest BCUT2D eigenvalue weighted by Gasteiger charge is -2.27. The highest BCUT2D eigenvalue weighted by Crippen LogP contribution is 2.32. The molecule has 2 aromatic rings. The molecule has 8 heteroatoms. The molecule has 1 atom stereocenters. The number of ether oxygens (including phenoxy) is 1. The molecule has 1 aliphatic heterocycles. The van der Waals surface area contributed by atoms with Gasteiger partial charge in [-0.25, -0.2) is 0 Å². The van der Waals surface area contributed by atoms with E-state index in [4.69, 9.17) is 9.15 Å². The van der Waals surface area contributed by atoms with E-state index in [1.165, 1.54) is 13.0 Å². The zero-order valence-corrected chi connectivity index (χ0v) is 14.0. The van der Waals surface area contributed by atoms with Gasteiger partial charge in [0.05, 0.1) is 24.6 Å². The molecule has 0 bridgehead atoms. The fraction of sp³-hybridized carbons (Fsp3) is 0.400. The van der Waals surface area contributed by atoms with Gasteiger partial charge in [-0.05, 0) is 19.1 Å². The average molecular weight is 389 g/mol. The van der Waals surface area contributed by atoms with Gasteiger partial charge in [-0.3, -0.25) is 4.79 Å². The minimum absolute atomic E-state index is 0.190. The van der Waals surface area contributed by atoms with Gasteiger partial charge in [0.1, 0.15) is 5.58 Å².